The second-order valence-corrected chi connectivity index (χ2v) is 6.79. The topological polar surface area (TPSA) is 77.6 Å². The van der Waals surface area contributed by atoms with Gasteiger partial charge in [0.2, 0.25) is 5.91 Å². The SMILES string of the molecule is Cc1ccc(C(=O)NCC(=O)Nc2ccc(N3CCN(C)CC3)nc2)cc1. The molecule has 3 rings (SSSR count). The molecule has 1 aliphatic heterocycles. The number of benzene rings is 1. The minimum Gasteiger partial charge on any atom is -0.354 e. The predicted octanol–water partition coefficient (Wildman–Crippen LogP) is 1.51. The zero-order valence-corrected chi connectivity index (χ0v) is 15.7. The molecule has 1 aromatic carbocycles. The third kappa shape index (κ3) is 5.27. The number of aromatic nitrogens is 1. The fourth-order valence-electron chi connectivity index (χ4n) is 2.86. The number of pyridine rings is 1. The molecule has 2 heterocycles. The first kappa shape index (κ1) is 18.8. The zero-order chi connectivity index (χ0) is 19.2. The van der Waals surface area contributed by atoms with Gasteiger partial charge in [0.1, 0.15) is 5.82 Å². The number of anilines is 2. The standard InChI is InChI=1S/C20H25N5O2/c1-15-3-5-16(6-4-15)20(27)22-14-19(26)23-17-7-8-18(21-13-17)25-11-9-24(2)10-12-25/h3-8,13H,9-12,14H2,1-2H3,(H,22,27)(H,23,26). The summed E-state index contributed by atoms with van der Waals surface area (Å²) < 4.78 is 0. The van der Waals surface area contributed by atoms with Crippen molar-refractivity contribution in [2.45, 2.75) is 6.92 Å². The lowest BCUT2D eigenvalue weighted by molar-refractivity contribution is -0.115. The number of hydrogen-bond donors (Lipinski definition) is 2. The lowest BCUT2D eigenvalue weighted by atomic mass is 10.1. The van der Waals surface area contributed by atoms with E-state index in [0.717, 1.165) is 37.6 Å². The number of hydrogen-bond acceptors (Lipinski definition) is 5. The Labute approximate surface area is 159 Å². The fraction of sp³-hybridized carbons (Fsp3) is 0.350. The van der Waals surface area contributed by atoms with Gasteiger partial charge in [0.15, 0.2) is 0 Å². The molecule has 7 nitrogen and oxygen atoms in total. The van der Waals surface area contributed by atoms with Gasteiger partial charge in [0, 0.05) is 31.7 Å². The number of nitrogens with zero attached hydrogens (tertiary/aromatic N) is 3. The Hall–Kier alpha value is -2.93. The number of carbonyl (C=O) groups is 2. The monoisotopic (exact) mass is 367 g/mol. The van der Waals surface area contributed by atoms with E-state index >= 15 is 0 Å². The van der Waals surface area contributed by atoms with E-state index in [0.29, 0.717) is 11.3 Å². The highest BCUT2D eigenvalue weighted by Crippen LogP contribution is 2.15. The minimum atomic E-state index is -0.287. The number of amides is 2. The van der Waals surface area contributed by atoms with Crippen LogP contribution in [0.1, 0.15) is 15.9 Å². The number of nitrogens with one attached hydrogen (secondary N) is 2. The summed E-state index contributed by atoms with van der Waals surface area (Å²) in [6.07, 6.45) is 1.65. The highest BCUT2D eigenvalue weighted by molar-refractivity contribution is 5.99. The number of likely N-dealkylation sites (N-methyl/N-ethyl adjacent to an activating group) is 1. The van der Waals surface area contributed by atoms with Crippen LogP contribution in [-0.4, -0.2) is 61.5 Å². The third-order valence-electron chi connectivity index (χ3n) is 4.58. The van der Waals surface area contributed by atoms with Crippen molar-refractivity contribution in [2.24, 2.45) is 0 Å². The van der Waals surface area contributed by atoms with Gasteiger partial charge >= 0.3 is 0 Å². The predicted molar refractivity (Wildman–Crippen MR) is 106 cm³/mol. The summed E-state index contributed by atoms with van der Waals surface area (Å²) in [6.45, 7) is 5.78. The minimum absolute atomic E-state index is 0.0904. The van der Waals surface area contributed by atoms with Crippen molar-refractivity contribution in [3.05, 3.63) is 53.7 Å². The van der Waals surface area contributed by atoms with E-state index in [-0.39, 0.29) is 18.4 Å². The van der Waals surface area contributed by atoms with Gasteiger partial charge in [-0.15, -0.1) is 0 Å². The molecule has 27 heavy (non-hydrogen) atoms. The Morgan fingerprint density at radius 1 is 1.04 bits per heavy atom. The van der Waals surface area contributed by atoms with Crippen LogP contribution in [0.2, 0.25) is 0 Å². The summed E-state index contributed by atoms with van der Waals surface area (Å²) in [4.78, 5) is 33.1. The number of rotatable bonds is 5. The number of aryl methyl sites for hydroxylation is 1. The van der Waals surface area contributed by atoms with Crippen molar-refractivity contribution in [1.82, 2.24) is 15.2 Å². The summed E-state index contributed by atoms with van der Waals surface area (Å²) in [5, 5.41) is 5.37. The Bertz CT molecular complexity index is 781. The first-order valence-corrected chi connectivity index (χ1v) is 9.05. The van der Waals surface area contributed by atoms with Crippen molar-refractivity contribution in [3.63, 3.8) is 0 Å². The van der Waals surface area contributed by atoms with Gasteiger partial charge in [-0.05, 0) is 38.2 Å². The van der Waals surface area contributed by atoms with Crippen LogP contribution < -0.4 is 15.5 Å². The Morgan fingerprint density at radius 2 is 1.74 bits per heavy atom. The maximum Gasteiger partial charge on any atom is 0.251 e. The Morgan fingerprint density at radius 3 is 2.37 bits per heavy atom. The second-order valence-electron chi connectivity index (χ2n) is 6.79. The maximum atomic E-state index is 12.1. The van der Waals surface area contributed by atoms with E-state index < -0.39 is 0 Å². The van der Waals surface area contributed by atoms with Crippen LogP contribution in [0.25, 0.3) is 0 Å². The molecular formula is C20H25N5O2. The van der Waals surface area contributed by atoms with Crippen LogP contribution in [-0.2, 0) is 4.79 Å². The molecule has 0 radical (unpaired) electrons. The molecule has 0 atom stereocenters. The molecule has 1 aromatic heterocycles. The van der Waals surface area contributed by atoms with E-state index in [1.54, 1.807) is 18.3 Å². The Kier molecular flexibility index (Phi) is 6.03. The molecule has 1 fully saturated rings. The molecule has 2 amide bonds. The summed E-state index contributed by atoms with van der Waals surface area (Å²) in [5.41, 5.74) is 2.23. The average molecular weight is 367 g/mol. The molecular weight excluding hydrogens is 342 g/mol. The average Bonchev–Trinajstić information content (AvgIpc) is 2.68. The summed E-state index contributed by atoms with van der Waals surface area (Å²) >= 11 is 0. The van der Waals surface area contributed by atoms with E-state index in [1.807, 2.05) is 31.2 Å². The number of carbonyl (C=O) groups excluding carboxylic acids is 2. The normalized spacial score (nSPS) is 14.7. The van der Waals surface area contributed by atoms with Crippen molar-refractivity contribution in [1.29, 1.82) is 0 Å². The van der Waals surface area contributed by atoms with Gasteiger partial charge in [0.05, 0.1) is 18.4 Å². The maximum absolute atomic E-state index is 12.1. The first-order valence-electron chi connectivity index (χ1n) is 9.05. The largest absolute Gasteiger partial charge is 0.354 e. The van der Waals surface area contributed by atoms with Crippen molar-refractivity contribution in [2.75, 3.05) is 50.0 Å². The van der Waals surface area contributed by atoms with Crippen LogP contribution in [0.3, 0.4) is 0 Å². The van der Waals surface area contributed by atoms with Gasteiger partial charge in [-0.3, -0.25) is 9.59 Å². The third-order valence-corrected chi connectivity index (χ3v) is 4.58. The summed E-state index contributed by atoms with van der Waals surface area (Å²) in [6, 6.07) is 10.9. The van der Waals surface area contributed by atoms with E-state index in [1.165, 1.54) is 0 Å². The van der Waals surface area contributed by atoms with Gasteiger partial charge in [0.25, 0.3) is 5.91 Å². The highest BCUT2D eigenvalue weighted by atomic mass is 16.2. The van der Waals surface area contributed by atoms with Crippen LogP contribution in [0.5, 0.6) is 0 Å². The first-order chi connectivity index (χ1) is 13.0. The van der Waals surface area contributed by atoms with E-state index in [4.69, 9.17) is 0 Å². The second kappa shape index (κ2) is 8.64. The zero-order valence-electron chi connectivity index (χ0n) is 15.7. The quantitative estimate of drug-likeness (QED) is 0.838. The smallest absolute Gasteiger partial charge is 0.251 e. The van der Waals surface area contributed by atoms with E-state index in [9.17, 15) is 9.59 Å². The van der Waals surface area contributed by atoms with Crippen molar-refractivity contribution >= 4 is 23.3 Å². The molecule has 1 aliphatic rings. The Balaban J connectivity index is 1.47. The molecule has 1 saturated heterocycles. The molecule has 0 spiro atoms. The van der Waals surface area contributed by atoms with Crippen LogP contribution in [0.15, 0.2) is 42.6 Å². The molecule has 0 unspecified atom stereocenters. The van der Waals surface area contributed by atoms with Gasteiger partial charge in [-0.1, -0.05) is 17.7 Å². The van der Waals surface area contributed by atoms with Crippen LogP contribution in [0, 0.1) is 6.92 Å². The molecule has 142 valence electrons. The summed E-state index contributed by atoms with van der Waals surface area (Å²) in [7, 11) is 2.11. The van der Waals surface area contributed by atoms with Gasteiger partial charge in [-0.2, -0.15) is 0 Å². The highest BCUT2D eigenvalue weighted by Gasteiger charge is 2.15. The lowest BCUT2D eigenvalue weighted by Crippen LogP contribution is -2.44. The van der Waals surface area contributed by atoms with Gasteiger partial charge in [-0.25, -0.2) is 4.98 Å². The molecule has 2 N–H and O–H groups in total. The molecule has 7 heteroatoms. The van der Waals surface area contributed by atoms with Gasteiger partial charge < -0.3 is 20.4 Å². The lowest BCUT2D eigenvalue weighted by Gasteiger charge is -2.33. The summed E-state index contributed by atoms with van der Waals surface area (Å²) in [5.74, 6) is 0.354. The molecule has 0 saturated carbocycles. The van der Waals surface area contributed by atoms with E-state index in [2.05, 4.69) is 32.5 Å². The fourth-order valence-corrected chi connectivity index (χ4v) is 2.86. The number of piperazine rings is 1. The molecule has 0 bridgehead atoms. The molecule has 0 aliphatic carbocycles. The molecule has 2 aromatic rings. The van der Waals surface area contributed by atoms with Crippen molar-refractivity contribution < 1.29 is 9.59 Å². The van der Waals surface area contributed by atoms with Crippen LogP contribution >= 0.6 is 0 Å². The van der Waals surface area contributed by atoms with Crippen LogP contribution in [0.4, 0.5) is 11.5 Å². The van der Waals surface area contributed by atoms with Crippen molar-refractivity contribution in [3.8, 4) is 0 Å².